The molecule has 3 atom stereocenters. The Balaban J connectivity index is 1.86. The maximum atomic E-state index is 6.14. The lowest BCUT2D eigenvalue weighted by atomic mass is 9.81. The number of hydrogen-bond donors (Lipinski definition) is 0. The second-order valence-corrected chi connectivity index (χ2v) is 6.31. The summed E-state index contributed by atoms with van der Waals surface area (Å²) in [5.41, 5.74) is 2.73. The summed E-state index contributed by atoms with van der Waals surface area (Å²) in [6.45, 7) is 2.24. The second-order valence-electron chi connectivity index (χ2n) is 6.31. The first-order chi connectivity index (χ1) is 11.2. The molecule has 23 heavy (non-hydrogen) atoms. The highest BCUT2D eigenvalue weighted by atomic mass is 16.7. The molecule has 0 aromatic heterocycles. The van der Waals surface area contributed by atoms with Gasteiger partial charge in [-0.1, -0.05) is 65.8 Å². The number of fused-ring (bicyclic) bond motifs is 1. The van der Waals surface area contributed by atoms with Crippen molar-refractivity contribution < 1.29 is 4.84 Å². The Morgan fingerprint density at radius 3 is 2.22 bits per heavy atom. The molecule has 0 saturated carbocycles. The largest absolute Gasteiger partial charge is 0.366 e. The van der Waals surface area contributed by atoms with Crippen LogP contribution in [0.4, 0.5) is 0 Å². The predicted octanol–water partition coefficient (Wildman–Crippen LogP) is 3.07. The molecule has 0 bridgehead atoms. The van der Waals surface area contributed by atoms with Gasteiger partial charge in [-0.15, -0.1) is 0 Å². The molecule has 1 fully saturated rings. The second kappa shape index (κ2) is 5.18. The highest BCUT2D eigenvalue weighted by molar-refractivity contribution is 6.04. The lowest BCUT2D eigenvalue weighted by Gasteiger charge is -2.35. The van der Waals surface area contributed by atoms with E-state index in [1.54, 1.807) is 0 Å². The summed E-state index contributed by atoms with van der Waals surface area (Å²) < 4.78 is 0. The van der Waals surface area contributed by atoms with Gasteiger partial charge in [-0.05, 0) is 12.5 Å². The minimum absolute atomic E-state index is 0.155. The first-order valence-corrected chi connectivity index (χ1v) is 8.00. The van der Waals surface area contributed by atoms with Crippen LogP contribution in [-0.2, 0) is 10.6 Å². The van der Waals surface area contributed by atoms with Crippen LogP contribution in [0.5, 0.6) is 0 Å². The number of hydrogen-bond acceptors (Lipinski definition) is 4. The summed E-state index contributed by atoms with van der Waals surface area (Å²) in [6.07, 6.45) is 0. The average molecular weight is 307 g/mol. The van der Waals surface area contributed by atoms with E-state index in [0.29, 0.717) is 6.04 Å². The SMILES string of the molecule is C[C@@H]1[C@H]2C(c3ccccc3)=NO[C@@]2(c2ccccc2)N(C)N1C. The van der Waals surface area contributed by atoms with Crippen molar-refractivity contribution in [3.63, 3.8) is 0 Å². The summed E-state index contributed by atoms with van der Waals surface area (Å²) in [4.78, 5) is 6.14. The van der Waals surface area contributed by atoms with Gasteiger partial charge in [-0.25, -0.2) is 5.01 Å². The van der Waals surface area contributed by atoms with Gasteiger partial charge in [0, 0.05) is 25.7 Å². The van der Waals surface area contributed by atoms with Gasteiger partial charge in [-0.3, -0.25) is 0 Å². The minimum atomic E-state index is -0.569. The highest BCUT2D eigenvalue weighted by Crippen LogP contribution is 2.51. The van der Waals surface area contributed by atoms with E-state index in [-0.39, 0.29) is 5.92 Å². The van der Waals surface area contributed by atoms with E-state index in [0.717, 1.165) is 16.8 Å². The Kier molecular flexibility index (Phi) is 3.25. The average Bonchev–Trinajstić information content (AvgIpc) is 3.09. The van der Waals surface area contributed by atoms with Crippen LogP contribution in [0.15, 0.2) is 65.8 Å². The fourth-order valence-electron chi connectivity index (χ4n) is 3.89. The van der Waals surface area contributed by atoms with Gasteiger partial charge in [0.05, 0.1) is 11.6 Å². The van der Waals surface area contributed by atoms with Crippen LogP contribution in [0.25, 0.3) is 0 Å². The molecule has 4 nitrogen and oxygen atoms in total. The zero-order chi connectivity index (χ0) is 16.0. The van der Waals surface area contributed by atoms with Crippen LogP contribution in [0.2, 0.25) is 0 Å². The molecule has 1 saturated heterocycles. The molecule has 0 spiro atoms. The van der Waals surface area contributed by atoms with E-state index >= 15 is 0 Å². The standard InChI is InChI=1S/C19H21N3O/c1-14-17-18(15-10-6-4-7-11-15)20-23-19(17,22(3)21(14)2)16-12-8-5-9-13-16/h4-14,17H,1-3H3/t14-,17+,19-/m1/s1. The highest BCUT2D eigenvalue weighted by Gasteiger charge is 2.62. The minimum Gasteiger partial charge on any atom is -0.366 e. The summed E-state index contributed by atoms with van der Waals surface area (Å²) in [5, 5.41) is 8.95. The van der Waals surface area contributed by atoms with E-state index in [2.05, 4.69) is 72.6 Å². The van der Waals surface area contributed by atoms with Crippen molar-refractivity contribution in [2.75, 3.05) is 14.1 Å². The quantitative estimate of drug-likeness (QED) is 0.853. The van der Waals surface area contributed by atoms with Crippen LogP contribution < -0.4 is 0 Å². The molecule has 0 amide bonds. The number of nitrogens with zero attached hydrogens (tertiary/aromatic N) is 3. The predicted molar refractivity (Wildman–Crippen MR) is 90.7 cm³/mol. The van der Waals surface area contributed by atoms with E-state index in [4.69, 9.17) is 4.84 Å². The van der Waals surface area contributed by atoms with Crippen molar-refractivity contribution in [3.8, 4) is 0 Å². The molecule has 4 rings (SSSR count). The number of rotatable bonds is 2. The van der Waals surface area contributed by atoms with E-state index in [1.807, 2.05) is 24.3 Å². The van der Waals surface area contributed by atoms with E-state index < -0.39 is 5.72 Å². The Bertz CT molecular complexity index is 731. The molecule has 2 aliphatic heterocycles. The van der Waals surface area contributed by atoms with Crippen LogP contribution in [-0.4, -0.2) is 35.9 Å². The molecule has 2 aromatic rings. The topological polar surface area (TPSA) is 28.1 Å². The third-order valence-corrected chi connectivity index (χ3v) is 5.28. The number of hydrazine groups is 1. The third kappa shape index (κ3) is 1.89. The molecule has 0 radical (unpaired) electrons. The van der Waals surface area contributed by atoms with Crippen LogP contribution in [0, 0.1) is 5.92 Å². The summed E-state index contributed by atoms with van der Waals surface area (Å²) in [7, 11) is 4.19. The smallest absolute Gasteiger partial charge is 0.239 e. The normalized spacial score (nSPS) is 30.8. The van der Waals surface area contributed by atoms with Gasteiger partial charge in [0.15, 0.2) is 0 Å². The molecule has 0 unspecified atom stereocenters. The van der Waals surface area contributed by atoms with Gasteiger partial charge < -0.3 is 4.84 Å². The number of oxime groups is 1. The van der Waals surface area contributed by atoms with Crippen LogP contribution in [0.3, 0.4) is 0 Å². The molecule has 2 aromatic carbocycles. The lowest BCUT2D eigenvalue weighted by molar-refractivity contribution is -0.182. The van der Waals surface area contributed by atoms with Gasteiger partial charge in [0.1, 0.15) is 0 Å². The zero-order valence-electron chi connectivity index (χ0n) is 13.7. The molecule has 2 heterocycles. The van der Waals surface area contributed by atoms with Crippen LogP contribution in [0.1, 0.15) is 18.1 Å². The zero-order valence-corrected chi connectivity index (χ0v) is 13.7. The van der Waals surface area contributed by atoms with Crippen molar-refractivity contribution in [1.29, 1.82) is 0 Å². The van der Waals surface area contributed by atoms with Crippen molar-refractivity contribution >= 4 is 5.71 Å². The first kappa shape index (κ1) is 14.4. The Labute approximate surface area is 136 Å². The van der Waals surface area contributed by atoms with E-state index in [9.17, 15) is 0 Å². The Morgan fingerprint density at radius 2 is 1.57 bits per heavy atom. The van der Waals surface area contributed by atoms with Crippen molar-refractivity contribution in [3.05, 3.63) is 71.8 Å². The summed E-state index contributed by atoms with van der Waals surface area (Å²) in [6, 6.07) is 21.0. The van der Waals surface area contributed by atoms with Crippen molar-refractivity contribution in [2.24, 2.45) is 11.1 Å². The van der Waals surface area contributed by atoms with Crippen molar-refractivity contribution in [2.45, 2.75) is 18.7 Å². The maximum Gasteiger partial charge on any atom is 0.239 e. The Hall–Kier alpha value is -2.17. The molecule has 0 N–H and O–H groups in total. The fraction of sp³-hybridized carbons (Fsp3) is 0.316. The van der Waals surface area contributed by atoms with Gasteiger partial charge in [0.25, 0.3) is 0 Å². The van der Waals surface area contributed by atoms with Gasteiger partial charge in [-0.2, -0.15) is 5.01 Å². The van der Waals surface area contributed by atoms with Gasteiger partial charge in [0.2, 0.25) is 5.72 Å². The third-order valence-electron chi connectivity index (χ3n) is 5.28. The molecular formula is C19H21N3O. The first-order valence-electron chi connectivity index (χ1n) is 8.00. The molecular weight excluding hydrogens is 286 g/mol. The fourth-order valence-corrected chi connectivity index (χ4v) is 3.89. The van der Waals surface area contributed by atoms with Crippen LogP contribution >= 0.6 is 0 Å². The molecule has 118 valence electrons. The van der Waals surface area contributed by atoms with E-state index in [1.165, 1.54) is 0 Å². The molecule has 0 aliphatic carbocycles. The number of benzene rings is 2. The van der Waals surface area contributed by atoms with Gasteiger partial charge >= 0.3 is 0 Å². The maximum absolute atomic E-state index is 6.14. The Morgan fingerprint density at radius 1 is 0.957 bits per heavy atom. The summed E-state index contributed by atoms with van der Waals surface area (Å²) in [5.74, 6) is 0.155. The summed E-state index contributed by atoms with van der Waals surface area (Å²) >= 11 is 0. The lowest BCUT2D eigenvalue weighted by Crippen LogP contribution is -2.46. The van der Waals surface area contributed by atoms with Crippen molar-refractivity contribution in [1.82, 2.24) is 10.0 Å². The molecule has 4 heteroatoms. The molecule has 2 aliphatic rings. The monoisotopic (exact) mass is 307 g/mol.